The van der Waals surface area contributed by atoms with E-state index in [0.29, 0.717) is 12.8 Å². The van der Waals surface area contributed by atoms with Crippen molar-refractivity contribution < 1.29 is 29.0 Å². The molecule has 8 heteroatoms. The molecule has 2 N–H and O–H groups in total. The lowest BCUT2D eigenvalue weighted by Gasteiger charge is -2.36. The third-order valence-electron chi connectivity index (χ3n) is 7.75. The number of carbonyl (C=O) groups is 3. The van der Waals surface area contributed by atoms with E-state index >= 15 is 0 Å². The first-order valence-corrected chi connectivity index (χ1v) is 12.1. The highest BCUT2D eigenvalue weighted by Crippen LogP contribution is 2.49. The number of carbonyl (C=O) groups excluding carboxylic acids is 2. The summed E-state index contributed by atoms with van der Waals surface area (Å²) in [6.07, 6.45) is 2.12. The number of aliphatic carboxylic acids is 1. The summed E-state index contributed by atoms with van der Waals surface area (Å²) in [5, 5.41) is 12.1. The Hall–Kier alpha value is -3.39. The number of nitrogens with one attached hydrogen (secondary N) is 1. The molecule has 2 fully saturated rings. The van der Waals surface area contributed by atoms with Gasteiger partial charge in [-0.15, -0.1) is 0 Å². The molecule has 5 rings (SSSR count). The van der Waals surface area contributed by atoms with Gasteiger partial charge in [0.25, 0.3) is 0 Å². The molecule has 2 heterocycles. The van der Waals surface area contributed by atoms with Crippen LogP contribution in [0, 0.1) is 0 Å². The number of carboxylic acid groups (broad SMARTS) is 1. The van der Waals surface area contributed by atoms with Crippen LogP contribution in [0.3, 0.4) is 0 Å². The van der Waals surface area contributed by atoms with Gasteiger partial charge in [0.2, 0.25) is 5.91 Å². The largest absolute Gasteiger partial charge is 0.481 e. The van der Waals surface area contributed by atoms with Crippen molar-refractivity contribution in [3.8, 4) is 11.1 Å². The van der Waals surface area contributed by atoms with Crippen LogP contribution >= 0.6 is 0 Å². The van der Waals surface area contributed by atoms with Gasteiger partial charge in [0.05, 0.1) is 18.6 Å². The number of hydrogen-bond donors (Lipinski definition) is 2. The summed E-state index contributed by atoms with van der Waals surface area (Å²) in [5.41, 5.74) is 3.81. The topological polar surface area (TPSA) is 105 Å². The van der Waals surface area contributed by atoms with Gasteiger partial charge in [0, 0.05) is 19.1 Å². The number of hydrogen-bond acceptors (Lipinski definition) is 5. The van der Waals surface area contributed by atoms with Crippen LogP contribution in [0.5, 0.6) is 0 Å². The van der Waals surface area contributed by atoms with Gasteiger partial charge >= 0.3 is 12.1 Å². The van der Waals surface area contributed by atoms with Gasteiger partial charge in [0.15, 0.2) is 0 Å². The van der Waals surface area contributed by atoms with E-state index < -0.39 is 23.6 Å². The molecule has 2 saturated heterocycles. The van der Waals surface area contributed by atoms with Crippen LogP contribution in [0.4, 0.5) is 4.79 Å². The third-order valence-corrected chi connectivity index (χ3v) is 7.75. The maximum atomic E-state index is 13.5. The number of methoxy groups -OCH3 is 1. The van der Waals surface area contributed by atoms with Crippen LogP contribution in [-0.2, 0) is 19.1 Å². The van der Waals surface area contributed by atoms with E-state index in [1.807, 2.05) is 36.4 Å². The van der Waals surface area contributed by atoms with Crippen molar-refractivity contribution in [1.29, 1.82) is 0 Å². The van der Waals surface area contributed by atoms with Crippen LogP contribution in [0.1, 0.15) is 49.1 Å². The van der Waals surface area contributed by atoms with E-state index in [2.05, 4.69) is 17.4 Å². The monoisotopic (exact) mass is 478 g/mol. The highest BCUT2D eigenvalue weighted by Gasteiger charge is 2.55. The number of amides is 2. The van der Waals surface area contributed by atoms with E-state index in [9.17, 15) is 19.5 Å². The van der Waals surface area contributed by atoms with E-state index in [1.165, 1.54) is 7.11 Å². The highest BCUT2D eigenvalue weighted by atomic mass is 16.5. The van der Waals surface area contributed by atoms with Crippen molar-refractivity contribution in [2.75, 3.05) is 20.3 Å². The van der Waals surface area contributed by atoms with Crippen LogP contribution in [0.2, 0.25) is 0 Å². The summed E-state index contributed by atoms with van der Waals surface area (Å²) in [7, 11) is 1.46. The summed E-state index contributed by atoms with van der Waals surface area (Å²) in [6, 6.07) is 15.2. The van der Waals surface area contributed by atoms with Crippen molar-refractivity contribution in [1.82, 2.24) is 10.2 Å². The fourth-order valence-corrected chi connectivity index (χ4v) is 6.28. The SMILES string of the molecule is COCC(NC(=O)OCC1c2ccccc2-c2ccccc21)C(=O)N1C2CCC1(CC(=O)O)CC2. The number of nitrogens with zero attached hydrogens (tertiary/aromatic N) is 1. The van der Waals surface area contributed by atoms with Crippen LogP contribution in [0.15, 0.2) is 48.5 Å². The molecule has 2 bridgehead atoms. The zero-order valence-corrected chi connectivity index (χ0v) is 19.7. The number of alkyl carbamates (subject to hydrolysis) is 1. The predicted molar refractivity (Wildman–Crippen MR) is 128 cm³/mol. The number of benzene rings is 2. The van der Waals surface area contributed by atoms with E-state index in [-0.39, 0.29) is 37.5 Å². The second-order valence-corrected chi connectivity index (χ2v) is 9.71. The van der Waals surface area contributed by atoms with Gasteiger partial charge in [-0.25, -0.2) is 4.79 Å². The Morgan fingerprint density at radius 1 is 1.06 bits per heavy atom. The number of carboxylic acids is 1. The summed E-state index contributed by atoms with van der Waals surface area (Å²) >= 11 is 0. The zero-order valence-electron chi connectivity index (χ0n) is 19.7. The Morgan fingerprint density at radius 2 is 1.66 bits per heavy atom. The molecule has 1 unspecified atom stereocenters. The van der Waals surface area contributed by atoms with Crippen LogP contribution in [-0.4, -0.2) is 65.9 Å². The van der Waals surface area contributed by atoms with Crippen LogP contribution < -0.4 is 5.32 Å². The molecular weight excluding hydrogens is 448 g/mol. The predicted octanol–water partition coefficient (Wildman–Crippen LogP) is 3.54. The molecule has 1 aliphatic carbocycles. The van der Waals surface area contributed by atoms with Gasteiger partial charge < -0.3 is 24.8 Å². The molecule has 184 valence electrons. The lowest BCUT2D eigenvalue weighted by Crippen LogP contribution is -2.56. The van der Waals surface area contributed by atoms with Gasteiger partial charge in [-0.1, -0.05) is 48.5 Å². The van der Waals surface area contributed by atoms with E-state index in [0.717, 1.165) is 35.1 Å². The number of fused-ring (bicyclic) bond motifs is 5. The highest BCUT2D eigenvalue weighted by molar-refractivity contribution is 5.88. The van der Waals surface area contributed by atoms with Crippen LogP contribution in [0.25, 0.3) is 11.1 Å². The van der Waals surface area contributed by atoms with Crippen molar-refractivity contribution in [2.45, 2.75) is 55.6 Å². The standard InChI is InChI=1S/C27H30N2O6/c1-34-16-23(25(32)29-17-10-12-27(29,13-11-17)14-24(30)31)28-26(33)35-15-22-20-8-4-2-6-18(20)19-7-3-5-9-21(19)22/h2-9,17,22-23H,10-16H2,1H3,(H,28,33)(H,30,31). The molecular formula is C27H30N2O6. The normalized spacial score (nSPS) is 23.0. The minimum atomic E-state index is -0.942. The summed E-state index contributed by atoms with van der Waals surface area (Å²) in [6.45, 7) is 0.123. The first-order valence-electron chi connectivity index (χ1n) is 12.1. The summed E-state index contributed by atoms with van der Waals surface area (Å²) in [5.74, 6) is -1.31. The van der Waals surface area contributed by atoms with Crippen molar-refractivity contribution in [3.05, 3.63) is 59.7 Å². The van der Waals surface area contributed by atoms with Gasteiger partial charge in [-0.05, 0) is 47.9 Å². The molecule has 35 heavy (non-hydrogen) atoms. The first kappa shape index (κ1) is 23.4. The molecule has 2 aliphatic heterocycles. The van der Waals surface area contributed by atoms with E-state index in [1.54, 1.807) is 4.90 Å². The molecule has 3 aliphatic rings. The summed E-state index contributed by atoms with van der Waals surface area (Å²) < 4.78 is 10.8. The van der Waals surface area contributed by atoms with E-state index in [4.69, 9.17) is 9.47 Å². The fraction of sp³-hybridized carbons (Fsp3) is 0.444. The second kappa shape index (κ2) is 9.34. The molecule has 0 spiro atoms. The Bertz CT molecular complexity index is 1090. The van der Waals surface area contributed by atoms with Crippen molar-refractivity contribution >= 4 is 18.0 Å². The number of ether oxygens (including phenoxy) is 2. The number of rotatable bonds is 8. The first-order chi connectivity index (χ1) is 16.9. The maximum Gasteiger partial charge on any atom is 0.407 e. The lowest BCUT2D eigenvalue weighted by atomic mass is 9.85. The molecule has 0 radical (unpaired) electrons. The molecule has 8 nitrogen and oxygen atoms in total. The van der Waals surface area contributed by atoms with Gasteiger partial charge in [-0.2, -0.15) is 0 Å². The van der Waals surface area contributed by atoms with Gasteiger partial charge in [-0.3, -0.25) is 9.59 Å². The quantitative estimate of drug-likeness (QED) is 0.601. The minimum Gasteiger partial charge on any atom is -0.481 e. The maximum absolute atomic E-state index is 13.5. The zero-order chi connectivity index (χ0) is 24.6. The minimum absolute atomic E-state index is 0.00511. The van der Waals surface area contributed by atoms with Crippen molar-refractivity contribution in [2.24, 2.45) is 0 Å². The molecule has 2 amide bonds. The Labute approximate surface area is 204 Å². The average Bonchev–Trinajstić information content (AvgIpc) is 3.48. The second-order valence-electron chi connectivity index (χ2n) is 9.71. The van der Waals surface area contributed by atoms with Crippen molar-refractivity contribution in [3.63, 3.8) is 0 Å². The Kier molecular flexibility index (Phi) is 6.23. The average molecular weight is 479 g/mol. The third kappa shape index (κ3) is 4.16. The lowest BCUT2D eigenvalue weighted by molar-refractivity contribution is -0.144. The Morgan fingerprint density at radius 3 is 2.23 bits per heavy atom. The Balaban J connectivity index is 1.27. The van der Waals surface area contributed by atoms with Gasteiger partial charge in [0.1, 0.15) is 12.6 Å². The molecule has 1 atom stereocenters. The molecule has 0 saturated carbocycles. The smallest absolute Gasteiger partial charge is 0.407 e. The summed E-state index contributed by atoms with van der Waals surface area (Å²) in [4.78, 5) is 39.5. The fourth-order valence-electron chi connectivity index (χ4n) is 6.28. The molecule has 0 aromatic heterocycles. The molecule has 2 aromatic carbocycles. The molecule has 2 aromatic rings.